The van der Waals surface area contributed by atoms with Crippen molar-refractivity contribution in [2.75, 3.05) is 19.7 Å². The number of fused-ring (bicyclic) bond motifs is 1. The molecule has 0 unspecified atom stereocenters. The zero-order valence-corrected chi connectivity index (χ0v) is 15.7. The van der Waals surface area contributed by atoms with Gasteiger partial charge in [0.15, 0.2) is 0 Å². The van der Waals surface area contributed by atoms with Gasteiger partial charge in [-0.3, -0.25) is 9.69 Å². The minimum atomic E-state index is 0.141. The molecule has 2 aliphatic heterocycles. The topological polar surface area (TPSA) is 41.6 Å². The first-order chi connectivity index (χ1) is 13.3. The summed E-state index contributed by atoms with van der Waals surface area (Å²) in [6, 6.07) is 21.5. The maximum atomic E-state index is 12.3. The zero-order valence-electron chi connectivity index (χ0n) is 15.7. The molecular weight excluding hydrogens is 336 g/mol. The van der Waals surface area contributed by atoms with E-state index in [-0.39, 0.29) is 18.1 Å². The van der Waals surface area contributed by atoms with E-state index < -0.39 is 0 Å². The van der Waals surface area contributed by atoms with Crippen LogP contribution in [0.5, 0.6) is 0 Å². The lowest BCUT2D eigenvalue weighted by molar-refractivity contribution is -0.121. The molecule has 2 heterocycles. The first-order valence-corrected chi connectivity index (χ1v) is 10.0. The van der Waals surface area contributed by atoms with Crippen molar-refractivity contribution in [3.05, 3.63) is 71.8 Å². The van der Waals surface area contributed by atoms with Crippen molar-refractivity contribution in [2.24, 2.45) is 0 Å². The molecule has 2 aromatic rings. The highest BCUT2D eigenvalue weighted by atomic mass is 16.5. The number of hydrogen-bond donors (Lipinski definition) is 1. The Morgan fingerprint density at radius 3 is 2.56 bits per heavy atom. The third-order valence-electron chi connectivity index (χ3n) is 5.67. The summed E-state index contributed by atoms with van der Waals surface area (Å²) >= 11 is 0. The Balaban J connectivity index is 1.22. The number of nitrogens with one attached hydrogen (secondary N) is 1. The van der Waals surface area contributed by atoms with Crippen LogP contribution >= 0.6 is 0 Å². The number of carbonyl (C=O) groups excluding carboxylic acids is 1. The van der Waals surface area contributed by atoms with Gasteiger partial charge in [-0.1, -0.05) is 60.7 Å². The van der Waals surface area contributed by atoms with Crippen molar-refractivity contribution in [1.82, 2.24) is 10.2 Å². The van der Waals surface area contributed by atoms with E-state index in [1.807, 2.05) is 12.1 Å². The highest BCUT2D eigenvalue weighted by molar-refractivity contribution is 5.76. The summed E-state index contributed by atoms with van der Waals surface area (Å²) in [5.74, 6) is 0.177. The van der Waals surface area contributed by atoms with Gasteiger partial charge in [0.2, 0.25) is 5.91 Å². The average molecular weight is 364 g/mol. The molecule has 2 saturated heterocycles. The normalized spacial score (nSPS) is 25.1. The smallest absolute Gasteiger partial charge is 0.220 e. The van der Waals surface area contributed by atoms with Crippen LogP contribution in [-0.4, -0.2) is 42.6 Å². The number of morpholine rings is 1. The summed E-state index contributed by atoms with van der Waals surface area (Å²) in [5, 5.41) is 3.24. The lowest BCUT2D eigenvalue weighted by Crippen LogP contribution is -2.43. The van der Waals surface area contributed by atoms with Crippen molar-refractivity contribution in [1.29, 1.82) is 0 Å². The fraction of sp³-hybridized carbons (Fsp3) is 0.435. The minimum absolute atomic E-state index is 0.141. The fourth-order valence-electron chi connectivity index (χ4n) is 4.25. The van der Waals surface area contributed by atoms with Crippen LogP contribution in [0.1, 0.15) is 36.5 Å². The zero-order chi connectivity index (χ0) is 18.5. The van der Waals surface area contributed by atoms with Crippen molar-refractivity contribution in [3.8, 4) is 0 Å². The van der Waals surface area contributed by atoms with Crippen molar-refractivity contribution < 1.29 is 9.53 Å². The van der Waals surface area contributed by atoms with Gasteiger partial charge >= 0.3 is 0 Å². The number of benzene rings is 2. The summed E-state index contributed by atoms with van der Waals surface area (Å²) in [4.78, 5) is 14.8. The molecule has 2 aromatic carbocycles. The average Bonchev–Trinajstić information content (AvgIpc) is 3.10. The fourth-order valence-corrected chi connectivity index (χ4v) is 4.25. The van der Waals surface area contributed by atoms with Gasteiger partial charge in [-0.15, -0.1) is 0 Å². The van der Waals surface area contributed by atoms with Crippen LogP contribution in [0.2, 0.25) is 0 Å². The Morgan fingerprint density at radius 2 is 1.78 bits per heavy atom. The Kier molecular flexibility index (Phi) is 5.85. The Labute approximate surface area is 161 Å². The van der Waals surface area contributed by atoms with Gasteiger partial charge in [0.1, 0.15) is 0 Å². The second-order valence-corrected chi connectivity index (χ2v) is 7.68. The second-order valence-electron chi connectivity index (χ2n) is 7.68. The van der Waals surface area contributed by atoms with Gasteiger partial charge < -0.3 is 10.1 Å². The predicted octanol–water partition coefficient (Wildman–Crippen LogP) is 3.34. The maximum absolute atomic E-state index is 12.3. The molecule has 0 aliphatic carbocycles. The van der Waals surface area contributed by atoms with Crippen LogP contribution in [0.15, 0.2) is 60.7 Å². The molecule has 1 amide bonds. The highest BCUT2D eigenvalue weighted by Gasteiger charge is 2.38. The monoisotopic (exact) mass is 364 g/mol. The summed E-state index contributed by atoms with van der Waals surface area (Å²) in [6.07, 6.45) is 3.59. The molecule has 4 nitrogen and oxygen atoms in total. The lowest BCUT2D eigenvalue weighted by atomic mass is 10.1. The van der Waals surface area contributed by atoms with Gasteiger partial charge in [-0.2, -0.15) is 0 Å². The van der Waals surface area contributed by atoms with E-state index in [4.69, 9.17) is 4.74 Å². The third kappa shape index (κ3) is 4.76. The number of hydrogen-bond acceptors (Lipinski definition) is 3. The standard InChI is InChI=1S/C23H28N2O2/c26-23(13-7-10-18-8-3-1-4-9-18)24-20-14-21-17-27-22(16-25(21)15-20)19-11-5-2-6-12-19/h1-6,8-9,11-12,20-22H,7,10,13-17H2,(H,24,26)/t20-,21-,22+/m0/s1. The molecule has 0 bridgehead atoms. The first-order valence-electron chi connectivity index (χ1n) is 10.0. The first kappa shape index (κ1) is 18.2. The summed E-state index contributed by atoms with van der Waals surface area (Å²) < 4.78 is 6.09. The quantitative estimate of drug-likeness (QED) is 0.855. The molecule has 4 rings (SSSR count). The number of nitrogens with zero attached hydrogens (tertiary/aromatic N) is 1. The highest BCUT2D eigenvalue weighted by Crippen LogP contribution is 2.30. The number of rotatable bonds is 6. The molecule has 0 spiro atoms. The van der Waals surface area contributed by atoms with Crippen molar-refractivity contribution in [3.63, 3.8) is 0 Å². The van der Waals surface area contributed by atoms with Crippen molar-refractivity contribution >= 4 is 5.91 Å². The van der Waals surface area contributed by atoms with Crippen LogP contribution in [-0.2, 0) is 16.0 Å². The van der Waals surface area contributed by atoms with E-state index in [2.05, 4.69) is 58.7 Å². The minimum Gasteiger partial charge on any atom is -0.371 e. The van der Waals surface area contributed by atoms with Gasteiger partial charge in [-0.05, 0) is 30.4 Å². The van der Waals surface area contributed by atoms with Gasteiger partial charge in [0.25, 0.3) is 0 Å². The van der Waals surface area contributed by atoms with Crippen molar-refractivity contribution in [2.45, 2.75) is 43.9 Å². The molecule has 1 N–H and O–H groups in total. The SMILES string of the molecule is O=C(CCCc1ccccc1)N[C@H]1C[C@H]2CO[C@@H](c3ccccc3)CN2C1. The lowest BCUT2D eigenvalue weighted by Gasteiger charge is -2.35. The Hall–Kier alpha value is -2.17. The second kappa shape index (κ2) is 8.68. The van der Waals surface area contributed by atoms with Crippen LogP contribution in [0.4, 0.5) is 0 Å². The maximum Gasteiger partial charge on any atom is 0.220 e. The Morgan fingerprint density at radius 1 is 1.04 bits per heavy atom. The number of carbonyl (C=O) groups is 1. The molecule has 0 saturated carbocycles. The summed E-state index contributed by atoms with van der Waals surface area (Å²) in [7, 11) is 0. The molecule has 0 aromatic heterocycles. The molecule has 0 radical (unpaired) electrons. The van der Waals surface area contributed by atoms with E-state index in [0.29, 0.717) is 12.5 Å². The van der Waals surface area contributed by atoms with E-state index in [9.17, 15) is 4.79 Å². The third-order valence-corrected chi connectivity index (χ3v) is 5.67. The molecular formula is C23H28N2O2. The molecule has 2 fully saturated rings. The Bertz CT molecular complexity index is 735. The summed E-state index contributed by atoms with van der Waals surface area (Å²) in [5.41, 5.74) is 2.54. The molecule has 142 valence electrons. The molecule has 4 heteroatoms. The van der Waals surface area contributed by atoms with Gasteiger partial charge in [0, 0.05) is 31.6 Å². The van der Waals surface area contributed by atoms with Gasteiger partial charge in [-0.25, -0.2) is 0 Å². The molecule has 3 atom stereocenters. The van der Waals surface area contributed by atoms with E-state index in [0.717, 1.165) is 39.0 Å². The largest absolute Gasteiger partial charge is 0.371 e. The van der Waals surface area contributed by atoms with Crippen LogP contribution in [0, 0.1) is 0 Å². The summed E-state index contributed by atoms with van der Waals surface area (Å²) in [6.45, 7) is 2.59. The number of aryl methyl sites for hydroxylation is 1. The molecule has 2 aliphatic rings. The molecule has 27 heavy (non-hydrogen) atoms. The predicted molar refractivity (Wildman–Crippen MR) is 106 cm³/mol. The number of amides is 1. The van der Waals surface area contributed by atoms with E-state index >= 15 is 0 Å². The number of ether oxygens (including phenoxy) is 1. The van der Waals surface area contributed by atoms with Crippen LogP contribution in [0.25, 0.3) is 0 Å². The van der Waals surface area contributed by atoms with Crippen LogP contribution in [0.3, 0.4) is 0 Å². The van der Waals surface area contributed by atoms with E-state index in [1.54, 1.807) is 0 Å². The van der Waals surface area contributed by atoms with E-state index in [1.165, 1.54) is 11.1 Å². The van der Waals surface area contributed by atoms with Crippen LogP contribution < -0.4 is 5.32 Å². The van der Waals surface area contributed by atoms with Gasteiger partial charge in [0.05, 0.1) is 12.7 Å².